The third kappa shape index (κ3) is 6.15. The third-order valence-corrected chi connectivity index (χ3v) is 7.82. The second kappa shape index (κ2) is 11.8. The molecule has 0 N–H and O–H groups in total. The molecule has 1 unspecified atom stereocenters. The summed E-state index contributed by atoms with van der Waals surface area (Å²) in [5.74, 6) is -1.85. The number of benzene rings is 3. The molecular weight excluding hydrogens is 627 g/mol. The Morgan fingerprint density at radius 1 is 1.07 bits per heavy atom. The molecule has 2 heterocycles. The molecule has 8 nitrogen and oxygen atoms in total. The van der Waals surface area contributed by atoms with Gasteiger partial charge in [0.25, 0.3) is 5.91 Å². The minimum atomic E-state index is -0.891. The second-order valence-electron chi connectivity index (χ2n) is 10.9. The van der Waals surface area contributed by atoms with Crippen LogP contribution in [0.4, 0.5) is 4.39 Å². The fourth-order valence-corrected chi connectivity index (χ4v) is 5.63. The van der Waals surface area contributed by atoms with Crippen LogP contribution in [0.2, 0.25) is 5.02 Å². The highest BCUT2D eigenvalue weighted by Crippen LogP contribution is 2.36. The van der Waals surface area contributed by atoms with Gasteiger partial charge in [-0.05, 0) is 74.2 Å². The largest absolute Gasteiger partial charge is 0.456 e. The lowest BCUT2D eigenvalue weighted by atomic mass is 9.87. The number of Topliss-reactive ketones (excluding diaryl/α,β-unsaturated/α-hetero) is 1. The highest BCUT2D eigenvalue weighted by atomic mass is 79.9. The molecule has 216 valence electrons. The highest BCUT2D eigenvalue weighted by molar-refractivity contribution is 9.10. The fourth-order valence-electron chi connectivity index (χ4n) is 4.88. The Morgan fingerprint density at radius 3 is 2.50 bits per heavy atom. The van der Waals surface area contributed by atoms with Gasteiger partial charge in [0, 0.05) is 17.4 Å². The molecule has 0 fully saturated rings. The van der Waals surface area contributed by atoms with Crippen molar-refractivity contribution >= 4 is 45.2 Å². The Bertz CT molecular complexity index is 1680. The molecule has 1 aromatic heterocycles. The minimum Gasteiger partial charge on any atom is -0.456 e. The number of halogens is 3. The number of esters is 1. The molecule has 0 aliphatic carbocycles. The number of hydrogen-bond acceptors (Lipinski definition) is 6. The van der Waals surface area contributed by atoms with E-state index < -0.39 is 29.3 Å². The maximum Gasteiger partial charge on any atom is 0.338 e. The number of nitrogens with zero attached hydrogens (tertiary/aromatic N) is 4. The van der Waals surface area contributed by atoms with E-state index in [4.69, 9.17) is 16.3 Å². The summed E-state index contributed by atoms with van der Waals surface area (Å²) in [5, 5.41) is 7.84. The van der Waals surface area contributed by atoms with Crippen LogP contribution in [0, 0.1) is 5.82 Å². The number of rotatable bonds is 6. The smallest absolute Gasteiger partial charge is 0.338 e. The molecule has 4 aromatic rings. The molecular formula is C31H27BrClFN4O4. The van der Waals surface area contributed by atoms with E-state index in [1.807, 2.05) is 18.2 Å². The molecule has 42 heavy (non-hydrogen) atoms. The van der Waals surface area contributed by atoms with E-state index in [1.54, 1.807) is 51.1 Å². The average Bonchev–Trinajstić information content (AvgIpc) is 3.43. The lowest BCUT2D eigenvalue weighted by Crippen LogP contribution is -2.44. The van der Waals surface area contributed by atoms with Crippen molar-refractivity contribution in [3.8, 4) is 5.69 Å². The van der Waals surface area contributed by atoms with Crippen LogP contribution in [0.5, 0.6) is 0 Å². The Kier molecular flexibility index (Phi) is 8.30. The quantitative estimate of drug-likeness (QED) is 0.226. The number of fused-ring (bicyclic) bond motifs is 1. The van der Waals surface area contributed by atoms with E-state index in [0.29, 0.717) is 23.1 Å². The number of carbonyl (C=O) groups excluding carboxylic acids is 3. The maximum atomic E-state index is 14.6. The molecule has 1 atom stereocenters. The SMILES string of the molecule is CC(C)(C)OC(=O)c1ccc(CC(=O)C2c3cccc(Br)c3CCN2C(=O)c2cn(-c3cccc(Cl)c3F)nn2)cc1. The predicted molar refractivity (Wildman–Crippen MR) is 158 cm³/mol. The molecule has 5 rings (SSSR count). The zero-order valence-electron chi connectivity index (χ0n) is 23.1. The van der Waals surface area contributed by atoms with Gasteiger partial charge in [-0.3, -0.25) is 9.59 Å². The summed E-state index contributed by atoms with van der Waals surface area (Å²) in [6, 6.07) is 15.8. The molecule has 0 saturated carbocycles. The molecule has 0 spiro atoms. The van der Waals surface area contributed by atoms with Crippen LogP contribution in [0.1, 0.15) is 64.3 Å². The third-order valence-electron chi connectivity index (χ3n) is 6.79. The molecule has 0 saturated heterocycles. The van der Waals surface area contributed by atoms with Crippen LogP contribution < -0.4 is 0 Å². The zero-order chi connectivity index (χ0) is 30.2. The number of carbonyl (C=O) groups is 3. The first-order valence-electron chi connectivity index (χ1n) is 13.2. The van der Waals surface area contributed by atoms with Crippen LogP contribution >= 0.6 is 27.5 Å². The van der Waals surface area contributed by atoms with Gasteiger partial charge in [-0.1, -0.05) is 63.1 Å². The molecule has 1 amide bonds. The molecule has 1 aliphatic heterocycles. The van der Waals surface area contributed by atoms with Gasteiger partial charge < -0.3 is 9.64 Å². The van der Waals surface area contributed by atoms with Gasteiger partial charge in [-0.25, -0.2) is 13.9 Å². The molecule has 11 heteroatoms. The number of hydrogen-bond donors (Lipinski definition) is 0. The predicted octanol–water partition coefficient (Wildman–Crippen LogP) is 6.33. The van der Waals surface area contributed by atoms with Gasteiger partial charge in [-0.15, -0.1) is 5.10 Å². The van der Waals surface area contributed by atoms with Gasteiger partial charge >= 0.3 is 5.97 Å². The van der Waals surface area contributed by atoms with Crippen LogP contribution in [0.25, 0.3) is 5.69 Å². The van der Waals surface area contributed by atoms with E-state index in [2.05, 4.69) is 26.2 Å². The van der Waals surface area contributed by atoms with E-state index in [0.717, 1.165) is 14.7 Å². The standard InChI is InChI=1S/C31H27BrClFN4O4/c1-31(2,3)42-30(41)19-12-10-18(11-13-19)16-26(39)28-21-6-4-7-22(32)20(21)14-15-37(28)29(40)24-17-38(36-35-24)25-9-5-8-23(33)27(25)34/h4-13,17,28H,14-16H2,1-3H3. The first kappa shape index (κ1) is 29.6. The average molecular weight is 654 g/mol. The lowest BCUT2D eigenvalue weighted by Gasteiger charge is -2.36. The van der Waals surface area contributed by atoms with Gasteiger partial charge in [-0.2, -0.15) is 0 Å². The Balaban J connectivity index is 1.42. The van der Waals surface area contributed by atoms with Crippen LogP contribution in [-0.2, 0) is 22.4 Å². The summed E-state index contributed by atoms with van der Waals surface area (Å²) in [7, 11) is 0. The maximum absolute atomic E-state index is 14.6. The van der Waals surface area contributed by atoms with Gasteiger partial charge in [0.1, 0.15) is 17.3 Å². The number of ketones is 1. The Labute approximate surface area is 255 Å². The van der Waals surface area contributed by atoms with E-state index >= 15 is 0 Å². The lowest BCUT2D eigenvalue weighted by molar-refractivity contribution is -0.123. The van der Waals surface area contributed by atoms with Crippen molar-refractivity contribution in [1.29, 1.82) is 0 Å². The normalized spacial score (nSPS) is 14.8. The molecule has 0 radical (unpaired) electrons. The van der Waals surface area contributed by atoms with E-state index in [-0.39, 0.29) is 35.2 Å². The van der Waals surface area contributed by atoms with Crippen molar-refractivity contribution in [1.82, 2.24) is 19.9 Å². The van der Waals surface area contributed by atoms with Gasteiger partial charge in [0.2, 0.25) is 0 Å². The van der Waals surface area contributed by atoms with Crippen molar-refractivity contribution < 1.29 is 23.5 Å². The highest BCUT2D eigenvalue weighted by Gasteiger charge is 2.37. The summed E-state index contributed by atoms with van der Waals surface area (Å²) in [6.45, 7) is 5.64. The number of aromatic nitrogens is 3. The van der Waals surface area contributed by atoms with E-state index in [1.165, 1.54) is 23.2 Å². The second-order valence-corrected chi connectivity index (χ2v) is 12.2. The van der Waals surface area contributed by atoms with Gasteiger partial charge in [0.15, 0.2) is 17.3 Å². The van der Waals surface area contributed by atoms with Crippen molar-refractivity contribution in [2.24, 2.45) is 0 Å². The number of ether oxygens (including phenoxy) is 1. The van der Waals surface area contributed by atoms with Crippen molar-refractivity contribution in [2.75, 3.05) is 6.54 Å². The molecule has 1 aliphatic rings. The summed E-state index contributed by atoms with van der Waals surface area (Å²) in [4.78, 5) is 41.6. The van der Waals surface area contributed by atoms with E-state index in [9.17, 15) is 18.8 Å². The topological polar surface area (TPSA) is 94.4 Å². The zero-order valence-corrected chi connectivity index (χ0v) is 25.4. The first-order valence-corrected chi connectivity index (χ1v) is 14.4. The fraction of sp³-hybridized carbons (Fsp3) is 0.258. The Morgan fingerprint density at radius 2 is 1.79 bits per heavy atom. The van der Waals surface area contributed by atoms with Crippen molar-refractivity contribution in [3.63, 3.8) is 0 Å². The van der Waals surface area contributed by atoms with Crippen molar-refractivity contribution in [3.05, 3.63) is 110 Å². The molecule has 0 bridgehead atoms. The van der Waals surface area contributed by atoms with Gasteiger partial charge in [0.05, 0.1) is 16.8 Å². The van der Waals surface area contributed by atoms with Crippen LogP contribution in [-0.4, -0.2) is 49.7 Å². The van der Waals surface area contributed by atoms with Crippen molar-refractivity contribution in [2.45, 2.75) is 45.3 Å². The summed E-state index contributed by atoms with van der Waals surface area (Å²) >= 11 is 9.49. The summed E-state index contributed by atoms with van der Waals surface area (Å²) < 4.78 is 22.0. The van der Waals surface area contributed by atoms with Crippen LogP contribution in [0.15, 0.2) is 71.3 Å². The summed E-state index contributed by atoms with van der Waals surface area (Å²) in [5.41, 5.74) is 2.11. The summed E-state index contributed by atoms with van der Waals surface area (Å²) in [6.07, 6.45) is 1.87. The monoisotopic (exact) mass is 652 g/mol. The number of amides is 1. The Hall–Kier alpha value is -3.89. The molecule has 3 aromatic carbocycles. The van der Waals surface area contributed by atoms with Crippen LogP contribution in [0.3, 0.4) is 0 Å². The first-order chi connectivity index (χ1) is 19.9. The minimum absolute atomic E-state index is 0.0232.